The van der Waals surface area contributed by atoms with E-state index < -0.39 is 0 Å². The molecule has 0 amide bonds. The van der Waals surface area contributed by atoms with E-state index in [1.54, 1.807) is 6.07 Å². The lowest BCUT2D eigenvalue weighted by Crippen LogP contribution is -2.29. The van der Waals surface area contributed by atoms with Gasteiger partial charge in [-0.05, 0) is 32.1 Å². The number of hydrogen-bond acceptors (Lipinski definition) is 4. The molecule has 0 saturated carbocycles. The Bertz CT molecular complexity index is 317. The van der Waals surface area contributed by atoms with Gasteiger partial charge in [0.15, 0.2) is 11.0 Å². The largest absolute Gasteiger partial charge is 0.354 e. The molecule has 90 valence electrons. The summed E-state index contributed by atoms with van der Waals surface area (Å²) >= 11 is 5.71. The molecule has 0 spiro atoms. The van der Waals surface area contributed by atoms with E-state index in [-0.39, 0.29) is 12.4 Å². The summed E-state index contributed by atoms with van der Waals surface area (Å²) in [4.78, 5) is 4.59. The molecule has 0 aromatic carbocycles. The molecule has 1 aromatic rings. The number of nitrogens with zero attached hydrogens (tertiary/aromatic N) is 4. The maximum Gasteiger partial charge on any atom is 0.151 e. The Hall–Kier alpha value is -0.580. The third-order valence-corrected chi connectivity index (χ3v) is 2.86. The van der Waals surface area contributed by atoms with Crippen molar-refractivity contribution in [2.24, 2.45) is 0 Å². The van der Waals surface area contributed by atoms with Gasteiger partial charge >= 0.3 is 0 Å². The van der Waals surface area contributed by atoms with Crippen molar-refractivity contribution in [3.8, 4) is 0 Å². The minimum absolute atomic E-state index is 0. The SMILES string of the molecule is CN1CCCN(c2ccc(Cl)nn2)CC1.Cl. The fourth-order valence-electron chi connectivity index (χ4n) is 1.75. The molecule has 0 atom stereocenters. The molecule has 0 radical (unpaired) electrons. The third-order valence-electron chi connectivity index (χ3n) is 2.66. The van der Waals surface area contributed by atoms with Crippen LogP contribution in [-0.2, 0) is 0 Å². The van der Waals surface area contributed by atoms with Gasteiger partial charge in [-0.2, -0.15) is 0 Å². The maximum absolute atomic E-state index is 5.71. The highest BCUT2D eigenvalue weighted by atomic mass is 35.5. The normalized spacial score (nSPS) is 17.8. The topological polar surface area (TPSA) is 32.3 Å². The van der Waals surface area contributed by atoms with Crippen LogP contribution < -0.4 is 4.90 Å². The predicted molar refractivity (Wildman–Crippen MR) is 68.6 cm³/mol. The fraction of sp³-hybridized carbons (Fsp3) is 0.600. The summed E-state index contributed by atoms with van der Waals surface area (Å²) in [6.45, 7) is 4.27. The molecule has 1 fully saturated rings. The standard InChI is InChI=1S/C10H15ClN4.ClH/c1-14-5-2-6-15(8-7-14)10-4-3-9(11)12-13-10;/h3-4H,2,5-8H2,1H3;1H. The first-order valence-corrected chi connectivity index (χ1v) is 5.56. The van der Waals surface area contributed by atoms with Crippen molar-refractivity contribution in [2.45, 2.75) is 6.42 Å². The van der Waals surface area contributed by atoms with Crippen LogP contribution in [0.15, 0.2) is 12.1 Å². The number of likely N-dealkylation sites (N-methyl/N-ethyl adjacent to an activating group) is 1. The zero-order valence-corrected chi connectivity index (χ0v) is 10.8. The van der Waals surface area contributed by atoms with Crippen LogP contribution in [0.1, 0.15) is 6.42 Å². The third kappa shape index (κ3) is 3.47. The predicted octanol–water partition coefficient (Wildman–Crippen LogP) is 1.69. The Morgan fingerprint density at radius 1 is 1.12 bits per heavy atom. The monoisotopic (exact) mass is 262 g/mol. The molecule has 0 unspecified atom stereocenters. The first-order chi connectivity index (χ1) is 7.25. The molecule has 2 heterocycles. The number of rotatable bonds is 1. The van der Waals surface area contributed by atoms with E-state index in [4.69, 9.17) is 11.6 Å². The Morgan fingerprint density at radius 3 is 2.62 bits per heavy atom. The molecule has 16 heavy (non-hydrogen) atoms. The van der Waals surface area contributed by atoms with E-state index >= 15 is 0 Å². The summed E-state index contributed by atoms with van der Waals surface area (Å²) in [7, 11) is 2.15. The molecule has 1 aromatic heterocycles. The summed E-state index contributed by atoms with van der Waals surface area (Å²) in [5.74, 6) is 0.926. The van der Waals surface area contributed by atoms with Gasteiger partial charge in [-0.3, -0.25) is 0 Å². The number of aromatic nitrogens is 2. The summed E-state index contributed by atoms with van der Waals surface area (Å²) in [5, 5.41) is 8.41. The van der Waals surface area contributed by atoms with Gasteiger partial charge in [0.2, 0.25) is 0 Å². The van der Waals surface area contributed by atoms with Crippen LogP contribution in [0.5, 0.6) is 0 Å². The molecular formula is C10H16Cl2N4. The van der Waals surface area contributed by atoms with E-state index in [1.807, 2.05) is 6.07 Å². The number of anilines is 1. The zero-order chi connectivity index (χ0) is 10.7. The molecule has 6 heteroatoms. The highest BCUT2D eigenvalue weighted by Gasteiger charge is 2.13. The van der Waals surface area contributed by atoms with Crippen LogP contribution in [0.25, 0.3) is 0 Å². The lowest BCUT2D eigenvalue weighted by atomic mass is 10.4. The van der Waals surface area contributed by atoms with Crippen molar-refractivity contribution in [2.75, 3.05) is 38.1 Å². The Balaban J connectivity index is 0.00000128. The summed E-state index contributed by atoms with van der Waals surface area (Å²) < 4.78 is 0. The second-order valence-electron chi connectivity index (χ2n) is 3.86. The average molecular weight is 263 g/mol. The van der Waals surface area contributed by atoms with Gasteiger partial charge in [0.25, 0.3) is 0 Å². The van der Waals surface area contributed by atoms with Crippen molar-refractivity contribution in [3.63, 3.8) is 0 Å². The van der Waals surface area contributed by atoms with E-state index in [9.17, 15) is 0 Å². The summed E-state index contributed by atoms with van der Waals surface area (Å²) in [6.07, 6.45) is 1.17. The molecular weight excluding hydrogens is 247 g/mol. The molecule has 1 saturated heterocycles. The van der Waals surface area contributed by atoms with E-state index in [0.717, 1.165) is 32.0 Å². The van der Waals surface area contributed by atoms with E-state index in [1.165, 1.54) is 6.42 Å². The van der Waals surface area contributed by atoms with Gasteiger partial charge in [-0.25, -0.2) is 0 Å². The van der Waals surface area contributed by atoms with Crippen molar-refractivity contribution >= 4 is 29.8 Å². The van der Waals surface area contributed by atoms with Crippen LogP contribution in [0.4, 0.5) is 5.82 Å². The van der Waals surface area contributed by atoms with Gasteiger partial charge in [-0.1, -0.05) is 11.6 Å². The van der Waals surface area contributed by atoms with Crippen molar-refractivity contribution in [3.05, 3.63) is 17.3 Å². The highest BCUT2D eigenvalue weighted by Crippen LogP contribution is 2.13. The highest BCUT2D eigenvalue weighted by molar-refractivity contribution is 6.29. The molecule has 4 nitrogen and oxygen atoms in total. The van der Waals surface area contributed by atoms with E-state index in [0.29, 0.717) is 5.15 Å². The van der Waals surface area contributed by atoms with Crippen LogP contribution in [0.3, 0.4) is 0 Å². The van der Waals surface area contributed by atoms with Crippen LogP contribution >= 0.6 is 24.0 Å². The smallest absolute Gasteiger partial charge is 0.151 e. The molecule has 0 bridgehead atoms. The molecule has 1 aliphatic rings. The summed E-state index contributed by atoms with van der Waals surface area (Å²) in [6, 6.07) is 3.72. The number of halogens is 2. The Morgan fingerprint density at radius 2 is 1.94 bits per heavy atom. The second-order valence-corrected chi connectivity index (χ2v) is 4.25. The molecule has 2 rings (SSSR count). The lowest BCUT2D eigenvalue weighted by Gasteiger charge is -2.20. The summed E-state index contributed by atoms with van der Waals surface area (Å²) in [5.41, 5.74) is 0. The van der Waals surface area contributed by atoms with Crippen LogP contribution in [0, 0.1) is 0 Å². The first kappa shape index (κ1) is 13.5. The van der Waals surface area contributed by atoms with Gasteiger partial charge in [0, 0.05) is 19.6 Å². The minimum Gasteiger partial charge on any atom is -0.354 e. The van der Waals surface area contributed by atoms with Crippen LogP contribution in [0.2, 0.25) is 5.15 Å². The molecule has 0 aliphatic carbocycles. The van der Waals surface area contributed by atoms with Gasteiger partial charge in [0.05, 0.1) is 0 Å². The van der Waals surface area contributed by atoms with Crippen molar-refractivity contribution < 1.29 is 0 Å². The van der Waals surface area contributed by atoms with Gasteiger partial charge in [-0.15, -0.1) is 22.6 Å². The van der Waals surface area contributed by atoms with E-state index in [2.05, 4.69) is 27.0 Å². The maximum atomic E-state index is 5.71. The Kier molecular flexibility index (Phi) is 5.25. The van der Waals surface area contributed by atoms with Gasteiger partial charge in [0.1, 0.15) is 0 Å². The zero-order valence-electron chi connectivity index (χ0n) is 9.27. The lowest BCUT2D eigenvalue weighted by molar-refractivity contribution is 0.360. The van der Waals surface area contributed by atoms with Crippen molar-refractivity contribution in [1.82, 2.24) is 15.1 Å². The van der Waals surface area contributed by atoms with Crippen LogP contribution in [-0.4, -0.2) is 48.3 Å². The quantitative estimate of drug-likeness (QED) is 0.772. The second kappa shape index (κ2) is 6.23. The minimum atomic E-state index is 0. The van der Waals surface area contributed by atoms with Gasteiger partial charge < -0.3 is 9.80 Å². The Labute approximate surface area is 107 Å². The molecule has 1 aliphatic heterocycles. The average Bonchev–Trinajstić information content (AvgIpc) is 2.44. The first-order valence-electron chi connectivity index (χ1n) is 5.18. The fourth-order valence-corrected chi connectivity index (χ4v) is 1.85. The van der Waals surface area contributed by atoms with Crippen molar-refractivity contribution in [1.29, 1.82) is 0 Å². The number of hydrogen-bond donors (Lipinski definition) is 0. The molecule has 0 N–H and O–H groups in total.